The molecular formula is C22H28N2O3S. The summed E-state index contributed by atoms with van der Waals surface area (Å²) in [6.45, 7) is 7.36. The van der Waals surface area contributed by atoms with Gasteiger partial charge in [-0.2, -0.15) is 0 Å². The van der Waals surface area contributed by atoms with Gasteiger partial charge in [-0.25, -0.2) is 15.6 Å². The second kappa shape index (κ2) is 9.66. The zero-order valence-electron chi connectivity index (χ0n) is 17.1. The van der Waals surface area contributed by atoms with Gasteiger partial charge >= 0.3 is 6.09 Å². The van der Waals surface area contributed by atoms with Crippen molar-refractivity contribution in [3.05, 3.63) is 59.7 Å². The third-order valence-electron chi connectivity index (χ3n) is 3.76. The monoisotopic (exact) mass is 400 g/mol. The van der Waals surface area contributed by atoms with Crippen LogP contribution < -0.4 is 15.6 Å². The highest BCUT2D eigenvalue weighted by Gasteiger charge is 2.22. The Morgan fingerprint density at radius 3 is 2.43 bits per heavy atom. The number of anilines is 1. The van der Waals surface area contributed by atoms with E-state index in [9.17, 15) is 4.79 Å². The van der Waals surface area contributed by atoms with Gasteiger partial charge in [-0.3, -0.25) is 0 Å². The molecule has 2 rings (SSSR count). The van der Waals surface area contributed by atoms with Crippen molar-refractivity contribution in [3.63, 3.8) is 0 Å². The number of nitrogens with zero attached hydrogens (tertiary/aromatic N) is 1. The molecule has 5 nitrogen and oxygen atoms in total. The number of allylic oxidation sites excluding steroid dienone is 1. The maximum Gasteiger partial charge on any atom is 0.429 e. The Hall–Kier alpha value is -2.44. The van der Waals surface area contributed by atoms with Gasteiger partial charge in [-0.1, -0.05) is 30.4 Å². The molecule has 2 N–H and O–H groups in total. The normalized spacial score (nSPS) is 11.5. The summed E-state index contributed by atoms with van der Waals surface area (Å²) in [4.78, 5) is 13.4. The van der Waals surface area contributed by atoms with Crippen LogP contribution in [-0.4, -0.2) is 18.8 Å². The fraction of sp³-hybridized carbons (Fsp3) is 0.318. The van der Waals surface area contributed by atoms with E-state index in [0.717, 1.165) is 27.0 Å². The number of carbonyl (C=O) groups is 1. The molecular weight excluding hydrogens is 372 g/mol. The zero-order chi connectivity index (χ0) is 20.7. The van der Waals surface area contributed by atoms with E-state index in [1.54, 1.807) is 18.9 Å². The van der Waals surface area contributed by atoms with Gasteiger partial charge in [0.25, 0.3) is 0 Å². The molecule has 0 aromatic heterocycles. The van der Waals surface area contributed by atoms with Crippen LogP contribution in [0, 0.1) is 0 Å². The molecule has 6 heteroatoms. The lowest BCUT2D eigenvalue weighted by molar-refractivity contribution is 0.0580. The number of thioether (sulfide) groups is 1. The molecule has 0 saturated carbocycles. The van der Waals surface area contributed by atoms with E-state index >= 15 is 0 Å². The van der Waals surface area contributed by atoms with Crippen molar-refractivity contribution in [1.29, 1.82) is 0 Å². The number of benzene rings is 2. The SMILES string of the molecule is C/C=C/c1ccc(SCc2ccc(OC)cc2)cc1N(N)C(=O)OC(C)(C)C. The largest absolute Gasteiger partial charge is 0.497 e. The van der Waals surface area contributed by atoms with Crippen molar-refractivity contribution in [3.8, 4) is 5.75 Å². The molecule has 0 heterocycles. The first-order chi connectivity index (χ1) is 13.2. The topological polar surface area (TPSA) is 64.8 Å². The molecule has 2 aromatic rings. The van der Waals surface area contributed by atoms with E-state index in [1.165, 1.54) is 5.56 Å². The highest BCUT2D eigenvalue weighted by Crippen LogP contribution is 2.30. The maximum absolute atomic E-state index is 12.4. The molecule has 0 aliphatic carbocycles. The van der Waals surface area contributed by atoms with Crippen LogP contribution in [0.4, 0.5) is 10.5 Å². The molecule has 0 bridgehead atoms. The molecule has 0 fully saturated rings. The van der Waals surface area contributed by atoms with Crippen molar-refractivity contribution in [2.45, 2.75) is 43.9 Å². The van der Waals surface area contributed by atoms with Gasteiger partial charge in [0.15, 0.2) is 0 Å². The minimum absolute atomic E-state index is 0.587. The minimum atomic E-state index is -0.615. The Morgan fingerprint density at radius 1 is 1.18 bits per heavy atom. The Balaban J connectivity index is 2.20. The number of hydrazine groups is 1. The van der Waals surface area contributed by atoms with Crippen LogP contribution in [0.25, 0.3) is 6.08 Å². The maximum atomic E-state index is 12.4. The van der Waals surface area contributed by atoms with Crippen molar-refractivity contribution in [2.24, 2.45) is 5.84 Å². The van der Waals surface area contributed by atoms with Crippen molar-refractivity contribution in [1.82, 2.24) is 0 Å². The smallest absolute Gasteiger partial charge is 0.429 e. The lowest BCUT2D eigenvalue weighted by Gasteiger charge is -2.25. The van der Waals surface area contributed by atoms with Gasteiger partial charge < -0.3 is 9.47 Å². The number of methoxy groups -OCH3 is 1. The summed E-state index contributed by atoms with van der Waals surface area (Å²) < 4.78 is 10.6. The van der Waals surface area contributed by atoms with Crippen molar-refractivity contribution in [2.75, 3.05) is 12.1 Å². The Kier molecular flexibility index (Phi) is 7.54. The number of ether oxygens (including phenoxy) is 2. The van der Waals surface area contributed by atoms with Crippen molar-refractivity contribution >= 4 is 29.6 Å². The molecule has 0 saturated heterocycles. The van der Waals surface area contributed by atoms with E-state index < -0.39 is 11.7 Å². The number of rotatable bonds is 6. The number of hydrogen-bond acceptors (Lipinski definition) is 5. The summed E-state index contributed by atoms with van der Waals surface area (Å²) in [5.74, 6) is 7.72. The van der Waals surface area contributed by atoms with Crippen molar-refractivity contribution < 1.29 is 14.3 Å². The fourth-order valence-corrected chi connectivity index (χ4v) is 3.33. The molecule has 150 valence electrons. The quantitative estimate of drug-likeness (QED) is 0.294. The average Bonchev–Trinajstić information content (AvgIpc) is 2.66. The van der Waals surface area contributed by atoms with Crippen LogP contribution >= 0.6 is 11.8 Å². The van der Waals surface area contributed by atoms with Gasteiger partial charge in [0.05, 0.1) is 12.8 Å². The van der Waals surface area contributed by atoms with Gasteiger partial charge in [0.1, 0.15) is 11.4 Å². The standard InChI is InChI=1S/C22H28N2O3S/c1-6-7-17-10-13-19(28-15-16-8-11-18(26-5)12-9-16)14-20(17)24(23)21(25)27-22(2,3)4/h6-14H,15,23H2,1-5H3/b7-6+. The summed E-state index contributed by atoms with van der Waals surface area (Å²) in [5, 5.41) is 1.07. The minimum Gasteiger partial charge on any atom is -0.497 e. The van der Waals surface area contributed by atoms with Crippen LogP contribution in [0.2, 0.25) is 0 Å². The highest BCUT2D eigenvalue weighted by molar-refractivity contribution is 7.98. The number of hydrogen-bond donors (Lipinski definition) is 1. The van der Waals surface area contributed by atoms with Crippen LogP contribution in [0.5, 0.6) is 5.75 Å². The summed E-state index contributed by atoms with van der Waals surface area (Å²) in [7, 11) is 1.65. The lowest BCUT2D eigenvalue weighted by Crippen LogP contribution is -2.42. The van der Waals surface area contributed by atoms with Gasteiger partial charge in [0.2, 0.25) is 0 Å². The van der Waals surface area contributed by atoms with Crippen LogP contribution in [0.1, 0.15) is 38.8 Å². The van der Waals surface area contributed by atoms with E-state index in [0.29, 0.717) is 5.69 Å². The summed E-state index contributed by atoms with van der Waals surface area (Å²) >= 11 is 1.67. The highest BCUT2D eigenvalue weighted by atomic mass is 32.2. The van der Waals surface area contributed by atoms with Crippen LogP contribution in [-0.2, 0) is 10.5 Å². The molecule has 2 aromatic carbocycles. The fourth-order valence-electron chi connectivity index (χ4n) is 2.44. The zero-order valence-corrected chi connectivity index (χ0v) is 17.9. The summed E-state index contributed by atoms with van der Waals surface area (Å²) in [5.41, 5.74) is 2.02. The molecule has 28 heavy (non-hydrogen) atoms. The third kappa shape index (κ3) is 6.32. The predicted molar refractivity (Wildman–Crippen MR) is 117 cm³/mol. The first-order valence-electron chi connectivity index (χ1n) is 9.04. The van der Waals surface area contributed by atoms with E-state index in [2.05, 4.69) is 0 Å². The number of amides is 1. The first-order valence-corrected chi connectivity index (χ1v) is 10.0. The van der Waals surface area contributed by atoms with E-state index in [-0.39, 0.29) is 0 Å². The van der Waals surface area contributed by atoms with Gasteiger partial charge in [-0.05, 0) is 63.1 Å². The Morgan fingerprint density at radius 2 is 1.86 bits per heavy atom. The molecule has 0 aliphatic rings. The van der Waals surface area contributed by atoms with Crippen LogP contribution in [0.15, 0.2) is 53.4 Å². The molecule has 1 amide bonds. The van der Waals surface area contributed by atoms with Crippen LogP contribution in [0.3, 0.4) is 0 Å². The predicted octanol–water partition coefficient (Wildman–Crippen LogP) is 5.64. The summed E-state index contributed by atoms with van der Waals surface area (Å²) in [6.07, 6.45) is 3.24. The van der Waals surface area contributed by atoms with E-state index in [1.807, 2.05) is 82.3 Å². The third-order valence-corrected chi connectivity index (χ3v) is 4.83. The van der Waals surface area contributed by atoms with Gasteiger partial charge in [0, 0.05) is 10.6 Å². The molecule has 0 unspecified atom stereocenters. The Bertz CT molecular complexity index is 827. The lowest BCUT2D eigenvalue weighted by atomic mass is 10.1. The number of nitrogens with two attached hydrogens (primary N) is 1. The second-order valence-electron chi connectivity index (χ2n) is 7.21. The van der Waals surface area contributed by atoms with Gasteiger partial charge in [-0.15, -0.1) is 11.8 Å². The summed E-state index contributed by atoms with van der Waals surface area (Å²) in [6, 6.07) is 13.9. The first kappa shape index (κ1) is 21.9. The number of carbonyl (C=O) groups excluding carboxylic acids is 1. The Labute approximate surface area is 171 Å². The van der Waals surface area contributed by atoms with E-state index in [4.69, 9.17) is 15.3 Å². The molecule has 0 aliphatic heterocycles. The average molecular weight is 401 g/mol. The molecule has 0 spiro atoms. The molecule has 0 radical (unpaired) electrons. The second-order valence-corrected chi connectivity index (χ2v) is 8.26. The molecule has 0 atom stereocenters.